The molecule has 49 heavy (non-hydrogen) atoms. The van der Waals surface area contributed by atoms with Gasteiger partial charge < -0.3 is 24.3 Å². The third-order valence-corrected chi connectivity index (χ3v) is 9.66. The summed E-state index contributed by atoms with van der Waals surface area (Å²) in [6.07, 6.45) is 22.8. The molecular weight excluding hydrogens is 610 g/mol. The van der Waals surface area contributed by atoms with E-state index in [1.54, 1.807) is 6.92 Å². The van der Waals surface area contributed by atoms with Gasteiger partial charge >= 0.3 is 0 Å². The van der Waals surface area contributed by atoms with Crippen molar-refractivity contribution in [3.63, 3.8) is 0 Å². The maximum Gasteiger partial charge on any atom is 0.251 e. The number of unbranched alkanes of at least 4 members (excludes halogenated alkanes) is 13. The summed E-state index contributed by atoms with van der Waals surface area (Å²) in [4.78, 5) is 23.2. The van der Waals surface area contributed by atoms with E-state index in [9.17, 15) is 9.59 Å². The number of carbonyl (C=O) groups excluding carboxylic acids is 2. The molecule has 1 N–H and O–H groups in total. The molecule has 1 aliphatic heterocycles. The zero-order valence-electron chi connectivity index (χ0n) is 31.1. The topological polar surface area (TPSA) is 77.2 Å². The summed E-state index contributed by atoms with van der Waals surface area (Å²) < 4.78 is 18.4. The highest BCUT2D eigenvalue weighted by Gasteiger charge is 2.48. The van der Waals surface area contributed by atoms with E-state index in [0.29, 0.717) is 24.5 Å². The van der Waals surface area contributed by atoms with E-state index in [2.05, 4.69) is 44.3 Å². The third kappa shape index (κ3) is 18.0. The largest absolute Gasteiger partial charge is 0.490 e. The molecule has 0 aromatic heterocycles. The number of hydrogen-bond acceptors (Lipinski definition) is 5. The third-order valence-electron chi connectivity index (χ3n) is 9.66. The maximum atomic E-state index is 12.2. The molecule has 6 nitrogen and oxygen atoms in total. The average molecular weight is 676 g/mol. The number of benzene rings is 2. The Balaban J connectivity index is 1.24. The molecule has 272 valence electrons. The van der Waals surface area contributed by atoms with Gasteiger partial charge in [0.05, 0.1) is 17.8 Å². The van der Waals surface area contributed by atoms with Gasteiger partial charge in [-0.25, -0.2) is 0 Å². The molecule has 0 spiro atoms. The Hall–Kier alpha value is -2.96. The number of hydrogen-bond donors (Lipinski definition) is 1. The van der Waals surface area contributed by atoms with Crippen molar-refractivity contribution in [2.45, 2.75) is 155 Å². The predicted molar refractivity (Wildman–Crippen MR) is 201 cm³/mol. The van der Waals surface area contributed by atoms with Crippen molar-refractivity contribution in [3.05, 3.63) is 77.4 Å². The van der Waals surface area contributed by atoms with Crippen molar-refractivity contribution in [2.75, 3.05) is 19.8 Å². The first-order valence-electron chi connectivity index (χ1n) is 19.2. The number of epoxide rings is 1. The SMILES string of the molecule is CC(=O)CCCCCCCCCCCCCCCCOC(CC1OC1(C)C)C(C)=CCOc1ccc(CCNC(=O)c2ccccc2)cc1. The second kappa shape index (κ2) is 23.4. The second-order valence-electron chi connectivity index (χ2n) is 14.5. The summed E-state index contributed by atoms with van der Waals surface area (Å²) >= 11 is 0. The van der Waals surface area contributed by atoms with Gasteiger partial charge in [0.1, 0.15) is 18.1 Å². The van der Waals surface area contributed by atoms with Gasteiger partial charge in [0.15, 0.2) is 0 Å². The van der Waals surface area contributed by atoms with Gasteiger partial charge in [-0.1, -0.05) is 107 Å². The minimum atomic E-state index is -0.0541. The Labute approximate surface area is 297 Å². The minimum Gasteiger partial charge on any atom is -0.490 e. The molecule has 0 saturated carbocycles. The van der Waals surface area contributed by atoms with Gasteiger partial charge in [0.25, 0.3) is 5.91 Å². The summed E-state index contributed by atoms with van der Waals surface area (Å²) in [5.74, 6) is 1.11. The fourth-order valence-corrected chi connectivity index (χ4v) is 6.23. The molecule has 1 fully saturated rings. The lowest BCUT2D eigenvalue weighted by Crippen LogP contribution is -2.25. The first-order valence-corrected chi connectivity index (χ1v) is 19.2. The van der Waals surface area contributed by atoms with Gasteiger partial charge in [0.2, 0.25) is 0 Å². The van der Waals surface area contributed by atoms with Gasteiger partial charge in [-0.05, 0) is 88.4 Å². The summed E-state index contributed by atoms with van der Waals surface area (Å²) in [7, 11) is 0. The van der Waals surface area contributed by atoms with Gasteiger partial charge in [-0.3, -0.25) is 4.79 Å². The lowest BCUT2D eigenvalue weighted by atomic mass is 10.0. The molecule has 1 aliphatic rings. The van der Waals surface area contributed by atoms with E-state index in [-0.39, 0.29) is 23.7 Å². The molecule has 0 radical (unpaired) electrons. The van der Waals surface area contributed by atoms with E-state index >= 15 is 0 Å². The molecule has 3 rings (SSSR count). The van der Waals surface area contributed by atoms with Gasteiger partial charge in [-0.2, -0.15) is 0 Å². The summed E-state index contributed by atoms with van der Waals surface area (Å²) in [6, 6.07) is 17.4. The molecule has 1 saturated heterocycles. The number of amides is 1. The lowest BCUT2D eigenvalue weighted by molar-refractivity contribution is -0.117. The van der Waals surface area contributed by atoms with Crippen molar-refractivity contribution >= 4 is 11.7 Å². The highest BCUT2D eigenvalue weighted by molar-refractivity contribution is 5.94. The van der Waals surface area contributed by atoms with Crippen LogP contribution in [0.5, 0.6) is 5.75 Å². The molecular formula is C43H65NO5. The molecule has 1 heterocycles. The molecule has 2 unspecified atom stereocenters. The molecule has 1 amide bonds. The second-order valence-corrected chi connectivity index (χ2v) is 14.5. The van der Waals surface area contributed by atoms with Crippen LogP contribution in [0.2, 0.25) is 0 Å². The Bertz CT molecular complexity index is 1220. The Morgan fingerprint density at radius 3 is 1.90 bits per heavy atom. The molecule has 2 aromatic rings. The van der Waals surface area contributed by atoms with Crippen LogP contribution in [0.1, 0.15) is 146 Å². The Morgan fingerprint density at radius 2 is 1.35 bits per heavy atom. The quantitative estimate of drug-likeness (QED) is 0.0552. The first-order chi connectivity index (χ1) is 23.7. The van der Waals surface area contributed by atoms with E-state index in [1.165, 1.54) is 82.6 Å². The van der Waals surface area contributed by atoms with Crippen LogP contribution in [-0.4, -0.2) is 49.3 Å². The first kappa shape index (κ1) is 40.5. The number of nitrogens with one attached hydrogen (secondary N) is 1. The van der Waals surface area contributed by atoms with Crippen LogP contribution in [0.4, 0.5) is 0 Å². The number of carbonyl (C=O) groups is 2. The summed E-state index contributed by atoms with van der Waals surface area (Å²) in [6.45, 7) is 10.0. The molecule has 6 heteroatoms. The highest BCUT2D eigenvalue weighted by Crippen LogP contribution is 2.39. The normalized spacial score (nSPS) is 15.9. The van der Waals surface area contributed by atoms with Gasteiger partial charge in [0, 0.05) is 31.6 Å². The van der Waals surface area contributed by atoms with E-state index in [4.69, 9.17) is 14.2 Å². The average Bonchev–Trinajstić information content (AvgIpc) is 3.71. The van der Waals surface area contributed by atoms with E-state index in [0.717, 1.165) is 50.0 Å². The van der Waals surface area contributed by atoms with Crippen LogP contribution in [0.15, 0.2) is 66.2 Å². The predicted octanol–water partition coefficient (Wildman–Crippen LogP) is 10.4. The van der Waals surface area contributed by atoms with Crippen molar-refractivity contribution in [2.24, 2.45) is 0 Å². The van der Waals surface area contributed by atoms with Crippen LogP contribution < -0.4 is 10.1 Å². The monoisotopic (exact) mass is 675 g/mol. The van der Waals surface area contributed by atoms with Crippen LogP contribution in [0.3, 0.4) is 0 Å². The zero-order valence-corrected chi connectivity index (χ0v) is 31.1. The molecule has 0 bridgehead atoms. The summed E-state index contributed by atoms with van der Waals surface area (Å²) in [5.41, 5.74) is 2.98. The Kier molecular flexibility index (Phi) is 19.4. The number of Topliss-reactive ketones (excluding diaryl/α,β-unsaturated/α-hetero) is 1. The van der Waals surface area contributed by atoms with Crippen LogP contribution in [0, 0.1) is 0 Å². The van der Waals surface area contributed by atoms with Crippen LogP contribution >= 0.6 is 0 Å². The van der Waals surface area contributed by atoms with Crippen molar-refractivity contribution in [3.8, 4) is 5.75 Å². The van der Waals surface area contributed by atoms with Crippen LogP contribution in [0.25, 0.3) is 0 Å². The van der Waals surface area contributed by atoms with Crippen molar-refractivity contribution in [1.82, 2.24) is 5.32 Å². The molecule has 0 aliphatic carbocycles. The summed E-state index contributed by atoms with van der Waals surface area (Å²) in [5, 5.41) is 2.98. The minimum absolute atomic E-state index is 0.0454. The standard InChI is InChI=1S/C43H65NO5/c1-35(30-33-47-39-27-25-37(26-28-39)29-31-44-42(46)38-23-19-17-20-24-38)40(34-41-43(3,4)49-41)48-32-21-16-14-12-10-8-6-5-7-9-11-13-15-18-22-36(2)45/h17,19-20,23-28,30,40-41H,5-16,18,21-22,29,31-34H2,1-4H3,(H,44,46). The van der Waals surface area contributed by atoms with Crippen molar-refractivity contribution in [1.29, 1.82) is 0 Å². The number of ketones is 1. The fourth-order valence-electron chi connectivity index (χ4n) is 6.23. The van der Waals surface area contributed by atoms with E-state index < -0.39 is 0 Å². The fraction of sp³-hybridized carbons (Fsp3) is 0.628. The Morgan fingerprint density at radius 1 is 0.796 bits per heavy atom. The van der Waals surface area contributed by atoms with E-state index in [1.807, 2.05) is 42.5 Å². The van der Waals surface area contributed by atoms with Gasteiger partial charge in [-0.15, -0.1) is 0 Å². The number of ether oxygens (including phenoxy) is 3. The number of rotatable bonds is 28. The highest BCUT2D eigenvalue weighted by atomic mass is 16.6. The van der Waals surface area contributed by atoms with Crippen molar-refractivity contribution < 1.29 is 23.8 Å². The molecule has 2 aromatic carbocycles. The molecule has 2 atom stereocenters. The smallest absolute Gasteiger partial charge is 0.251 e. The van der Waals surface area contributed by atoms with Crippen LogP contribution in [-0.2, 0) is 20.7 Å². The maximum absolute atomic E-state index is 12.2. The zero-order chi connectivity index (χ0) is 35.2. The lowest BCUT2D eigenvalue weighted by Gasteiger charge is -2.19.